The molecule has 0 aromatic carbocycles. The second kappa shape index (κ2) is 8.15. The topological polar surface area (TPSA) is 20.2 Å². The van der Waals surface area contributed by atoms with Crippen LogP contribution < -0.4 is 0 Å². The molecule has 1 heteroatoms. The van der Waals surface area contributed by atoms with E-state index in [9.17, 15) is 5.11 Å². The van der Waals surface area contributed by atoms with E-state index < -0.39 is 0 Å². The van der Waals surface area contributed by atoms with Crippen molar-refractivity contribution in [2.24, 2.45) is 11.3 Å². The van der Waals surface area contributed by atoms with Gasteiger partial charge in [-0.15, -0.1) is 0 Å². The first-order valence-electron chi connectivity index (χ1n) is 6.78. The van der Waals surface area contributed by atoms with Crippen molar-refractivity contribution >= 4 is 0 Å². The molecule has 0 radical (unpaired) electrons. The molecule has 1 N–H and O–H groups in total. The normalized spacial score (nSPS) is 14.2. The highest BCUT2D eigenvalue weighted by Gasteiger charge is 2.27. The average Bonchev–Trinajstić information content (AvgIpc) is 2.30. The molecule has 0 saturated carbocycles. The molecule has 0 heterocycles. The van der Waals surface area contributed by atoms with Gasteiger partial charge in [0.2, 0.25) is 0 Å². The third-order valence-electron chi connectivity index (χ3n) is 4.10. The highest BCUT2D eigenvalue weighted by molar-refractivity contribution is 4.78. The molecule has 1 unspecified atom stereocenters. The lowest BCUT2D eigenvalue weighted by atomic mass is 9.74. The van der Waals surface area contributed by atoms with E-state index in [-0.39, 0.29) is 5.41 Å². The molecule has 0 rings (SSSR count). The SMILES string of the molecule is CCCCC(CC)CC(CC)(CC)CO. The van der Waals surface area contributed by atoms with Crippen molar-refractivity contribution in [1.82, 2.24) is 0 Å². The highest BCUT2D eigenvalue weighted by atomic mass is 16.3. The fraction of sp³-hybridized carbons (Fsp3) is 1.00. The lowest BCUT2D eigenvalue weighted by Crippen LogP contribution is -2.27. The van der Waals surface area contributed by atoms with Gasteiger partial charge in [0.25, 0.3) is 0 Å². The van der Waals surface area contributed by atoms with Crippen molar-refractivity contribution in [3.63, 3.8) is 0 Å². The number of hydrogen-bond acceptors (Lipinski definition) is 1. The largest absolute Gasteiger partial charge is 0.396 e. The zero-order valence-corrected chi connectivity index (χ0v) is 11.2. The third-order valence-corrected chi connectivity index (χ3v) is 4.10. The van der Waals surface area contributed by atoms with Crippen LogP contribution in [-0.4, -0.2) is 11.7 Å². The summed E-state index contributed by atoms with van der Waals surface area (Å²) in [5, 5.41) is 9.55. The minimum Gasteiger partial charge on any atom is -0.396 e. The molecule has 0 aromatic rings. The monoisotopic (exact) mass is 214 g/mol. The van der Waals surface area contributed by atoms with Gasteiger partial charge in [-0.2, -0.15) is 0 Å². The number of aliphatic hydroxyl groups is 1. The van der Waals surface area contributed by atoms with Crippen molar-refractivity contribution in [1.29, 1.82) is 0 Å². The summed E-state index contributed by atoms with van der Waals surface area (Å²) in [5.41, 5.74) is 0.203. The van der Waals surface area contributed by atoms with E-state index in [2.05, 4.69) is 27.7 Å². The molecular weight excluding hydrogens is 184 g/mol. The molecule has 1 nitrogen and oxygen atoms in total. The van der Waals surface area contributed by atoms with Crippen molar-refractivity contribution in [3.05, 3.63) is 0 Å². The maximum Gasteiger partial charge on any atom is 0.0487 e. The van der Waals surface area contributed by atoms with Crippen LogP contribution in [0, 0.1) is 11.3 Å². The molecule has 0 aromatic heterocycles. The summed E-state index contributed by atoms with van der Waals surface area (Å²) >= 11 is 0. The predicted molar refractivity (Wildman–Crippen MR) is 68.0 cm³/mol. The number of hydrogen-bond donors (Lipinski definition) is 1. The van der Waals surface area contributed by atoms with Gasteiger partial charge in [-0.25, -0.2) is 0 Å². The lowest BCUT2D eigenvalue weighted by Gasteiger charge is -2.33. The van der Waals surface area contributed by atoms with E-state index in [1.54, 1.807) is 0 Å². The Morgan fingerprint density at radius 3 is 2.00 bits per heavy atom. The van der Waals surface area contributed by atoms with Crippen LogP contribution in [0.1, 0.15) is 72.6 Å². The molecule has 0 spiro atoms. The van der Waals surface area contributed by atoms with Crippen LogP contribution >= 0.6 is 0 Å². The van der Waals surface area contributed by atoms with E-state index in [4.69, 9.17) is 0 Å². The summed E-state index contributed by atoms with van der Waals surface area (Å²) < 4.78 is 0. The van der Waals surface area contributed by atoms with Gasteiger partial charge in [0, 0.05) is 6.61 Å². The molecule has 0 aliphatic heterocycles. The minimum atomic E-state index is 0.203. The summed E-state index contributed by atoms with van der Waals surface area (Å²) in [6.45, 7) is 9.33. The van der Waals surface area contributed by atoms with Gasteiger partial charge in [-0.1, -0.05) is 53.4 Å². The molecule has 0 aliphatic carbocycles. The van der Waals surface area contributed by atoms with Crippen LogP contribution in [0.3, 0.4) is 0 Å². The minimum absolute atomic E-state index is 0.203. The Labute approximate surface area is 96.3 Å². The van der Waals surface area contributed by atoms with Crippen LogP contribution in [0.15, 0.2) is 0 Å². The van der Waals surface area contributed by atoms with Crippen LogP contribution in [0.5, 0.6) is 0 Å². The molecule has 0 fully saturated rings. The first-order chi connectivity index (χ1) is 7.17. The molecule has 92 valence electrons. The number of aliphatic hydroxyl groups excluding tert-OH is 1. The van der Waals surface area contributed by atoms with Crippen LogP contribution in [-0.2, 0) is 0 Å². The van der Waals surface area contributed by atoms with Gasteiger partial charge in [-0.05, 0) is 30.6 Å². The molecular formula is C14H30O. The van der Waals surface area contributed by atoms with Crippen molar-refractivity contribution in [3.8, 4) is 0 Å². The Morgan fingerprint density at radius 1 is 1.07 bits per heavy atom. The molecule has 0 amide bonds. The Balaban J connectivity index is 4.21. The molecule has 0 aliphatic rings. The second-order valence-corrected chi connectivity index (χ2v) is 4.99. The molecule has 0 bridgehead atoms. The van der Waals surface area contributed by atoms with Gasteiger partial charge in [-0.3, -0.25) is 0 Å². The Morgan fingerprint density at radius 2 is 1.67 bits per heavy atom. The highest BCUT2D eigenvalue weighted by Crippen LogP contribution is 2.36. The summed E-state index contributed by atoms with van der Waals surface area (Å²) in [7, 11) is 0. The maximum atomic E-state index is 9.55. The first kappa shape index (κ1) is 15.0. The Kier molecular flexibility index (Phi) is 8.13. The fourth-order valence-electron chi connectivity index (χ4n) is 2.38. The molecule has 1 atom stereocenters. The standard InChI is InChI=1S/C14H30O/c1-5-9-10-13(6-2)11-14(7-3,8-4)12-15/h13,15H,5-12H2,1-4H3. The van der Waals surface area contributed by atoms with Crippen LogP contribution in [0.4, 0.5) is 0 Å². The van der Waals surface area contributed by atoms with Gasteiger partial charge in [0.05, 0.1) is 0 Å². The summed E-state index contributed by atoms with van der Waals surface area (Å²) in [4.78, 5) is 0. The Hall–Kier alpha value is -0.0400. The number of unbranched alkanes of at least 4 members (excludes halogenated alkanes) is 1. The summed E-state index contributed by atoms with van der Waals surface area (Å²) in [6, 6.07) is 0. The van der Waals surface area contributed by atoms with Gasteiger partial charge in [0.1, 0.15) is 0 Å². The molecule has 15 heavy (non-hydrogen) atoms. The average molecular weight is 214 g/mol. The predicted octanol–water partition coefficient (Wildman–Crippen LogP) is 4.39. The zero-order chi connectivity index (χ0) is 11.7. The van der Waals surface area contributed by atoms with E-state index in [0.29, 0.717) is 6.61 Å². The zero-order valence-electron chi connectivity index (χ0n) is 11.2. The van der Waals surface area contributed by atoms with Crippen molar-refractivity contribution < 1.29 is 5.11 Å². The van der Waals surface area contributed by atoms with Crippen molar-refractivity contribution in [2.75, 3.05) is 6.61 Å². The van der Waals surface area contributed by atoms with Gasteiger partial charge in [0.15, 0.2) is 0 Å². The lowest BCUT2D eigenvalue weighted by molar-refractivity contribution is 0.0828. The third kappa shape index (κ3) is 5.01. The van der Waals surface area contributed by atoms with Gasteiger partial charge < -0.3 is 5.11 Å². The number of rotatable bonds is 9. The molecule has 0 saturated heterocycles. The van der Waals surface area contributed by atoms with Crippen LogP contribution in [0.2, 0.25) is 0 Å². The smallest absolute Gasteiger partial charge is 0.0487 e. The van der Waals surface area contributed by atoms with Crippen molar-refractivity contribution in [2.45, 2.75) is 72.6 Å². The quantitative estimate of drug-likeness (QED) is 0.603. The van der Waals surface area contributed by atoms with E-state index >= 15 is 0 Å². The second-order valence-electron chi connectivity index (χ2n) is 4.99. The van der Waals surface area contributed by atoms with E-state index in [1.807, 2.05) is 0 Å². The first-order valence-corrected chi connectivity index (χ1v) is 6.78. The summed E-state index contributed by atoms with van der Waals surface area (Å²) in [5.74, 6) is 0.817. The Bertz CT molecular complexity index is 130. The van der Waals surface area contributed by atoms with Crippen LogP contribution in [0.25, 0.3) is 0 Å². The maximum absolute atomic E-state index is 9.55. The van der Waals surface area contributed by atoms with E-state index in [1.165, 1.54) is 32.1 Å². The van der Waals surface area contributed by atoms with Gasteiger partial charge >= 0.3 is 0 Å². The van der Waals surface area contributed by atoms with E-state index in [0.717, 1.165) is 18.8 Å². The fourth-order valence-corrected chi connectivity index (χ4v) is 2.38. The summed E-state index contributed by atoms with van der Waals surface area (Å²) in [6.07, 6.45) is 8.68.